The topological polar surface area (TPSA) is 20.2 Å². The van der Waals surface area contributed by atoms with Crippen LogP contribution < -0.4 is 7.16 Å². The first-order chi connectivity index (χ1) is 10.9. The molecule has 2 aromatic carbocycles. The van der Waals surface area contributed by atoms with Crippen molar-refractivity contribution < 1.29 is 5.11 Å². The monoisotopic (exact) mass is 399 g/mol. The number of fused-ring (bicyclic) bond motifs is 2. The second-order valence-electron chi connectivity index (χ2n) is 6.85. The summed E-state index contributed by atoms with van der Waals surface area (Å²) in [6.07, 6.45) is 4.13. The number of benzene rings is 2. The second-order valence-corrected chi connectivity index (χ2v) is 14.4. The molecule has 0 aromatic heterocycles. The Bertz CT molecular complexity index is 573. The van der Waals surface area contributed by atoms with Gasteiger partial charge in [-0.25, -0.2) is 0 Å². The molecule has 0 spiro atoms. The van der Waals surface area contributed by atoms with Crippen LogP contribution in [-0.2, 0) is 0 Å². The average Bonchev–Trinajstić information content (AvgIpc) is 3.18. The first kappa shape index (κ1) is 14.8. The van der Waals surface area contributed by atoms with Gasteiger partial charge in [0.2, 0.25) is 0 Å². The first-order valence-electron chi connectivity index (χ1n) is 8.47. The Labute approximate surface area is 140 Å². The number of aliphatic hydroxyl groups is 1. The summed E-state index contributed by atoms with van der Waals surface area (Å²) in [6.45, 7) is 0.398. The Morgan fingerprint density at radius 1 is 0.818 bits per heavy atom. The third-order valence-corrected chi connectivity index (χ3v) is 15.7. The third kappa shape index (κ3) is 2.52. The van der Waals surface area contributed by atoms with Gasteiger partial charge in [0.05, 0.1) is 0 Å². The Morgan fingerprint density at radius 3 is 1.91 bits per heavy atom. The molecular weight excluding hydrogens is 375 g/mol. The Kier molecular flexibility index (Phi) is 4.27. The van der Waals surface area contributed by atoms with Crippen molar-refractivity contribution in [1.82, 2.24) is 0 Å². The van der Waals surface area contributed by atoms with Crippen LogP contribution in [0.3, 0.4) is 0 Å². The van der Waals surface area contributed by atoms with Crippen LogP contribution >= 0.6 is 0 Å². The van der Waals surface area contributed by atoms with Crippen LogP contribution in [0.4, 0.5) is 0 Å². The molecule has 4 atom stereocenters. The van der Waals surface area contributed by atoms with Crippen LogP contribution in [0.2, 0.25) is 3.93 Å². The van der Waals surface area contributed by atoms with Gasteiger partial charge in [0.1, 0.15) is 0 Å². The predicted molar refractivity (Wildman–Crippen MR) is 93.1 cm³/mol. The summed E-state index contributed by atoms with van der Waals surface area (Å²) in [6, 6.07) is 22.4. The molecule has 0 unspecified atom stereocenters. The molecule has 22 heavy (non-hydrogen) atoms. The summed E-state index contributed by atoms with van der Waals surface area (Å²) in [5.74, 6) is 2.23. The Morgan fingerprint density at radius 2 is 1.36 bits per heavy atom. The molecule has 113 valence electrons. The van der Waals surface area contributed by atoms with E-state index in [-0.39, 0.29) is 0 Å². The van der Waals surface area contributed by atoms with Crippen molar-refractivity contribution in [1.29, 1.82) is 0 Å². The van der Waals surface area contributed by atoms with Gasteiger partial charge < -0.3 is 0 Å². The summed E-state index contributed by atoms with van der Waals surface area (Å²) in [7, 11) is 0. The average molecular weight is 398 g/mol. The molecule has 1 nitrogen and oxygen atoms in total. The molecule has 4 rings (SSSR count). The Hall–Kier alpha value is -0.801. The van der Waals surface area contributed by atoms with Gasteiger partial charge in [0.25, 0.3) is 0 Å². The van der Waals surface area contributed by atoms with Gasteiger partial charge in [-0.3, -0.25) is 0 Å². The van der Waals surface area contributed by atoms with Gasteiger partial charge in [0.15, 0.2) is 0 Å². The SMILES string of the molecule is OC[C@@H]1[C@@H]2CC[C@@H](C2)[C@H]1[Sn]([c]1ccccc1)[c]1ccccc1. The van der Waals surface area contributed by atoms with Crippen LogP contribution in [0.15, 0.2) is 60.7 Å². The molecule has 2 bridgehead atoms. The van der Waals surface area contributed by atoms with E-state index >= 15 is 0 Å². The zero-order valence-electron chi connectivity index (χ0n) is 12.9. The van der Waals surface area contributed by atoms with Crippen molar-refractivity contribution in [3.63, 3.8) is 0 Å². The van der Waals surface area contributed by atoms with E-state index in [1.54, 1.807) is 7.16 Å². The standard InChI is InChI=1S/C8H13O.2C6H5.Sn/c9-5-8-4-6-1-2-7(8)3-6;2*1-2-4-6-5-3-1;/h4,6-9H,1-3,5H2;2*1-5H;/t6-,7+,8+;;;/m0.../s1. The van der Waals surface area contributed by atoms with Crippen LogP contribution in [0.25, 0.3) is 0 Å². The second kappa shape index (κ2) is 6.37. The van der Waals surface area contributed by atoms with E-state index in [1.165, 1.54) is 19.3 Å². The van der Waals surface area contributed by atoms with Gasteiger partial charge in [-0.15, -0.1) is 0 Å². The summed E-state index contributed by atoms with van der Waals surface area (Å²) < 4.78 is 4.00. The van der Waals surface area contributed by atoms with Crippen molar-refractivity contribution >= 4 is 26.9 Å². The molecule has 0 saturated heterocycles. The molecule has 2 aromatic rings. The summed E-state index contributed by atoms with van der Waals surface area (Å²) >= 11 is -1.99. The molecule has 0 heterocycles. The number of hydrogen-bond donors (Lipinski definition) is 1. The van der Waals surface area contributed by atoms with Crippen molar-refractivity contribution in [2.45, 2.75) is 23.2 Å². The fourth-order valence-electron chi connectivity index (χ4n) is 4.91. The minimum absolute atomic E-state index is 0.398. The zero-order chi connectivity index (χ0) is 14.9. The fraction of sp³-hybridized carbons (Fsp3) is 0.400. The molecule has 2 saturated carbocycles. The molecule has 1 radical (unpaired) electrons. The molecule has 2 fully saturated rings. The third-order valence-electron chi connectivity index (χ3n) is 5.80. The van der Waals surface area contributed by atoms with Crippen LogP contribution in [0.1, 0.15) is 19.3 Å². The summed E-state index contributed by atoms with van der Waals surface area (Å²) in [5.41, 5.74) is 0. The molecular formula is C20H23OSn. The molecule has 2 aliphatic carbocycles. The van der Waals surface area contributed by atoms with Crippen molar-refractivity contribution in [2.75, 3.05) is 6.61 Å². The van der Waals surface area contributed by atoms with Crippen LogP contribution in [-0.4, -0.2) is 31.5 Å². The van der Waals surface area contributed by atoms with Crippen molar-refractivity contribution in [3.05, 3.63) is 60.7 Å². The van der Waals surface area contributed by atoms with Gasteiger partial charge in [0, 0.05) is 0 Å². The van der Waals surface area contributed by atoms with Crippen molar-refractivity contribution in [2.24, 2.45) is 17.8 Å². The maximum absolute atomic E-state index is 10.0. The zero-order valence-corrected chi connectivity index (χ0v) is 15.7. The van der Waals surface area contributed by atoms with Crippen LogP contribution in [0.5, 0.6) is 0 Å². The van der Waals surface area contributed by atoms with E-state index in [0.717, 1.165) is 15.8 Å². The summed E-state index contributed by atoms with van der Waals surface area (Å²) in [4.78, 5) is 0. The molecule has 0 aliphatic heterocycles. The number of aliphatic hydroxyl groups excluding tert-OH is 1. The fourth-order valence-corrected chi connectivity index (χ4v) is 15.7. The van der Waals surface area contributed by atoms with E-state index in [0.29, 0.717) is 12.5 Å². The van der Waals surface area contributed by atoms with Gasteiger partial charge in [-0.2, -0.15) is 0 Å². The van der Waals surface area contributed by atoms with Gasteiger partial charge in [-0.05, 0) is 0 Å². The number of rotatable bonds is 4. The van der Waals surface area contributed by atoms with E-state index in [4.69, 9.17) is 0 Å². The normalized spacial score (nSPS) is 30.1. The molecule has 0 amide bonds. The van der Waals surface area contributed by atoms with E-state index in [9.17, 15) is 5.11 Å². The minimum atomic E-state index is -1.99. The van der Waals surface area contributed by atoms with Gasteiger partial charge in [-0.1, -0.05) is 0 Å². The predicted octanol–water partition coefficient (Wildman–Crippen LogP) is 2.70. The summed E-state index contributed by atoms with van der Waals surface area (Å²) in [5, 5.41) is 10.0. The van der Waals surface area contributed by atoms with E-state index < -0.39 is 19.8 Å². The Balaban J connectivity index is 1.78. The van der Waals surface area contributed by atoms with E-state index in [2.05, 4.69) is 60.7 Å². The number of hydrogen-bond acceptors (Lipinski definition) is 1. The maximum atomic E-state index is 10.0. The van der Waals surface area contributed by atoms with Crippen LogP contribution in [0, 0.1) is 17.8 Å². The molecule has 1 N–H and O–H groups in total. The van der Waals surface area contributed by atoms with E-state index in [1.807, 2.05) is 0 Å². The first-order valence-corrected chi connectivity index (χ1v) is 13.0. The quantitative estimate of drug-likeness (QED) is 0.786. The van der Waals surface area contributed by atoms with Crippen molar-refractivity contribution in [3.8, 4) is 0 Å². The van der Waals surface area contributed by atoms with Gasteiger partial charge >= 0.3 is 140 Å². The molecule has 2 heteroatoms. The molecule has 2 aliphatic rings.